The quantitative estimate of drug-likeness (QED) is 0.158. The molecule has 0 saturated carbocycles. The van der Waals surface area contributed by atoms with Gasteiger partial charge in [-0.2, -0.15) is 0 Å². The van der Waals surface area contributed by atoms with Crippen molar-refractivity contribution in [3.8, 4) is 11.5 Å². The van der Waals surface area contributed by atoms with Gasteiger partial charge in [0.25, 0.3) is 0 Å². The first-order chi connectivity index (χ1) is 20.4. The molecule has 0 aromatic heterocycles. The number of anilines is 1. The number of hydrogen-bond acceptors (Lipinski definition) is 4. The van der Waals surface area contributed by atoms with Crippen molar-refractivity contribution in [2.24, 2.45) is 10.9 Å². The lowest BCUT2D eigenvalue weighted by atomic mass is 9.76. The molecule has 1 N–H and O–H groups in total. The molecule has 0 radical (unpaired) electrons. The molecule has 4 aromatic carbocycles. The van der Waals surface area contributed by atoms with Crippen molar-refractivity contribution in [2.75, 3.05) is 11.9 Å². The summed E-state index contributed by atoms with van der Waals surface area (Å²) in [6, 6.07) is 24.4. The van der Waals surface area contributed by atoms with E-state index in [2.05, 4.69) is 66.9 Å². The minimum Gasteiger partial charge on any atom is -0.490 e. The van der Waals surface area contributed by atoms with Crippen LogP contribution in [0.2, 0.25) is 15.1 Å². The fourth-order valence-corrected chi connectivity index (χ4v) is 6.55. The minimum atomic E-state index is 0.230. The van der Waals surface area contributed by atoms with Crippen molar-refractivity contribution in [3.63, 3.8) is 0 Å². The molecule has 1 aliphatic carbocycles. The molecule has 214 valence electrons. The summed E-state index contributed by atoms with van der Waals surface area (Å²) in [6.45, 7) is 4.77. The topological polar surface area (TPSA) is 42.8 Å². The molecule has 7 heteroatoms. The number of rotatable bonds is 8. The summed E-state index contributed by atoms with van der Waals surface area (Å²) < 4.78 is 11.9. The molecule has 6 rings (SSSR count). The van der Waals surface area contributed by atoms with E-state index in [4.69, 9.17) is 49.3 Å². The van der Waals surface area contributed by atoms with Crippen LogP contribution in [0, 0.1) is 12.8 Å². The number of aliphatic imine (C=N–C) groups is 1. The maximum absolute atomic E-state index is 6.65. The lowest BCUT2D eigenvalue weighted by Gasteiger charge is -2.37. The Morgan fingerprint density at radius 2 is 1.76 bits per heavy atom. The number of halogens is 3. The van der Waals surface area contributed by atoms with Crippen LogP contribution in [-0.4, -0.2) is 12.8 Å². The highest BCUT2D eigenvalue weighted by Crippen LogP contribution is 2.50. The minimum absolute atomic E-state index is 0.230. The maximum Gasteiger partial charge on any atom is 0.180 e. The summed E-state index contributed by atoms with van der Waals surface area (Å²) in [7, 11) is 0. The van der Waals surface area contributed by atoms with Gasteiger partial charge in [-0.3, -0.25) is 4.99 Å². The van der Waals surface area contributed by atoms with E-state index in [0.717, 1.165) is 23.2 Å². The van der Waals surface area contributed by atoms with Crippen LogP contribution < -0.4 is 14.8 Å². The standard InChI is InChI=1S/C35H31Cl3N2O2/c1-3-41-33-17-22(16-31(38)35(33)42-20-24-8-11-25(36)18-30(24)37)19-39-26-12-9-23(10-13-26)34-28-6-4-5-27(28)29-15-21(2)7-14-32(29)40-34/h4-5,7-19,27-28,34,40H,3,6,20H2,1-2H3/t27-,28+,34+/m1/s1. The lowest BCUT2D eigenvalue weighted by molar-refractivity contribution is 0.269. The second-order valence-corrected chi connectivity index (χ2v) is 12.0. The van der Waals surface area contributed by atoms with E-state index in [0.29, 0.717) is 45.0 Å². The molecule has 0 amide bonds. The third-order valence-corrected chi connectivity index (χ3v) is 8.72. The Balaban J connectivity index is 1.18. The molecule has 0 saturated heterocycles. The third-order valence-electron chi connectivity index (χ3n) is 7.85. The Morgan fingerprint density at radius 1 is 0.929 bits per heavy atom. The van der Waals surface area contributed by atoms with Crippen LogP contribution in [0.1, 0.15) is 53.1 Å². The van der Waals surface area contributed by atoms with E-state index in [-0.39, 0.29) is 12.6 Å². The van der Waals surface area contributed by atoms with Gasteiger partial charge in [0.05, 0.1) is 23.4 Å². The highest BCUT2D eigenvalue weighted by atomic mass is 35.5. The fraction of sp³-hybridized carbons (Fsp3) is 0.229. The molecule has 3 atom stereocenters. The predicted molar refractivity (Wildman–Crippen MR) is 175 cm³/mol. The molecule has 42 heavy (non-hydrogen) atoms. The van der Waals surface area contributed by atoms with Gasteiger partial charge in [0, 0.05) is 33.4 Å². The molecule has 0 unspecified atom stereocenters. The van der Waals surface area contributed by atoms with E-state index >= 15 is 0 Å². The second-order valence-electron chi connectivity index (χ2n) is 10.7. The average molecular weight is 618 g/mol. The molecule has 1 heterocycles. The highest BCUT2D eigenvalue weighted by molar-refractivity contribution is 6.35. The van der Waals surface area contributed by atoms with Crippen LogP contribution >= 0.6 is 34.8 Å². The van der Waals surface area contributed by atoms with Crippen molar-refractivity contribution >= 4 is 52.4 Å². The van der Waals surface area contributed by atoms with Gasteiger partial charge in [0.1, 0.15) is 6.61 Å². The van der Waals surface area contributed by atoms with Gasteiger partial charge in [0.15, 0.2) is 11.5 Å². The fourth-order valence-electron chi connectivity index (χ4n) is 5.81. The molecule has 0 fully saturated rings. The molecule has 4 aromatic rings. The Morgan fingerprint density at radius 3 is 2.55 bits per heavy atom. The van der Waals surface area contributed by atoms with Crippen molar-refractivity contribution in [1.29, 1.82) is 0 Å². The number of benzene rings is 4. The summed E-state index contributed by atoms with van der Waals surface area (Å²) in [6.07, 6.45) is 7.56. The smallest absolute Gasteiger partial charge is 0.180 e. The van der Waals surface area contributed by atoms with Gasteiger partial charge in [-0.1, -0.05) is 82.9 Å². The summed E-state index contributed by atoms with van der Waals surface area (Å²) >= 11 is 19.0. The summed E-state index contributed by atoms with van der Waals surface area (Å²) in [5, 5.41) is 5.35. The molecule has 0 spiro atoms. The first kappa shape index (κ1) is 28.7. The van der Waals surface area contributed by atoms with Gasteiger partial charge in [0.2, 0.25) is 0 Å². The van der Waals surface area contributed by atoms with Crippen molar-refractivity contribution < 1.29 is 9.47 Å². The van der Waals surface area contributed by atoms with Crippen LogP contribution in [-0.2, 0) is 6.61 Å². The number of allylic oxidation sites excluding steroid dienone is 2. The number of ether oxygens (including phenoxy) is 2. The maximum atomic E-state index is 6.65. The van der Waals surface area contributed by atoms with Crippen LogP contribution in [0.4, 0.5) is 11.4 Å². The van der Waals surface area contributed by atoms with Gasteiger partial charge in [-0.05, 0) is 85.3 Å². The van der Waals surface area contributed by atoms with Crippen LogP contribution in [0.15, 0.2) is 89.9 Å². The Bertz CT molecular complexity index is 1670. The number of nitrogens with zero attached hydrogens (tertiary/aromatic N) is 1. The summed E-state index contributed by atoms with van der Waals surface area (Å²) in [5.41, 5.74) is 7.67. The molecule has 2 aliphatic rings. The number of fused-ring (bicyclic) bond motifs is 3. The molecular formula is C35H31Cl3N2O2. The lowest BCUT2D eigenvalue weighted by Crippen LogP contribution is -2.29. The SMILES string of the molecule is CCOc1cc(C=Nc2ccc([C@@H]3Nc4ccc(C)cc4[C@@H]4C=CC[C@@H]43)cc2)cc(Cl)c1OCc1ccc(Cl)cc1Cl. The van der Waals surface area contributed by atoms with E-state index in [1.54, 1.807) is 18.3 Å². The molecule has 1 aliphatic heterocycles. The third kappa shape index (κ3) is 6.03. The zero-order valence-electron chi connectivity index (χ0n) is 23.4. The van der Waals surface area contributed by atoms with Crippen LogP contribution in [0.25, 0.3) is 0 Å². The van der Waals surface area contributed by atoms with E-state index in [1.807, 2.05) is 25.1 Å². The van der Waals surface area contributed by atoms with Gasteiger partial charge >= 0.3 is 0 Å². The normalized spacial score (nSPS) is 18.9. The van der Waals surface area contributed by atoms with E-state index < -0.39 is 0 Å². The highest BCUT2D eigenvalue weighted by Gasteiger charge is 2.37. The van der Waals surface area contributed by atoms with Crippen LogP contribution in [0.5, 0.6) is 11.5 Å². The van der Waals surface area contributed by atoms with Crippen LogP contribution in [0.3, 0.4) is 0 Å². The van der Waals surface area contributed by atoms with Gasteiger partial charge in [-0.25, -0.2) is 0 Å². The van der Waals surface area contributed by atoms with E-state index in [9.17, 15) is 0 Å². The monoisotopic (exact) mass is 616 g/mol. The predicted octanol–water partition coefficient (Wildman–Crippen LogP) is 10.5. The van der Waals surface area contributed by atoms with Crippen molar-refractivity contribution in [2.45, 2.75) is 38.8 Å². The Hall–Kier alpha value is -3.44. The second kappa shape index (κ2) is 12.4. The van der Waals surface area contributed by atoms with E-state index in [1.165, 1.54) is 22.4 Å². The Labute approximate surface area is 261 Å². The molecular weight excluding hydrogens is 587 g/mol. The zero-order chi connectivity index (χ0) is 29.2. The number of nitrogens with one attached hydrogen (secondary N) is 1. The molecule has 4 nitrogen and oxygen atoms in total. The Kier molecular flexibility index (Phi) is 8.48. The van der Waals surface area contributed by atoms with Crippen molar-refractivity contribution in [3.05, 3.63) is 128 Å². The first-order valence-electron chi connectivity index (χ1n) is 14.1. The average Bonchev–Trinajstić information content (AvgIpc) is 3.47. The van der Waals surface area contributed by atoms with Gasteiger partial charge < -0.3 is 14.8 Å². The summed E-state index contributed by atoms with van der Waals surface area (Å²) in [5.74, 6) is 1.96. The van der Waals surface area contributed by atoms with Gasteiger partial charge in [-0.15, -0.1) is 0 Å². The largest absolute Gasteiger partial charge is 0.490 e. The number of aryl methyl sites for hydroxylation is 1. The summed E-state index contributed by atoms with van der Waals surface area (Å²) in [4.78, 5) is 4.72. The zero-order valence-corrected chi connectivity index (χ0v) is 25.7. The first-order valence-corrected chi connectivity index (χ1v) is 15.2. The van der Waals surface area contributed by atoms with Crippen molar-refractivity contribution in [1.82, 2.24) is 0 Å². The number of hydrogen-bond donors (Lipinski definition) is 1. The molecule has 0 bridgehead atoms.